The topological polar surface area (TPSA) is 110 Å². The maximum Gasteiger partial charge on any atom is 0.341 e. The molecule has 1 aromatic carbocycles. The molecule has 0 bridgehead atoms. The maximum atomic E-state index is 12.5. The van der Waals surface area contributed by atoms with Crippen molar-refractivity contribution < 1.29 is 34.1 Å². The number of carboxylic acid groups (broad SMARTS) is 2. The second kappa shape index (κ2) is 10.9. The third-order valence-corrected chi connectivity index (χ3v) is 4.13. The summed E-state index contributed by atoms with van der Waals surface area (Å²) >= 11 is 0. The van der Waals surface area contributed by atoms with E-state index >= 15 is 0 Å². The van der Waals surface area contributed by atoms with E-state index in [2.05, 4.69) is 0 Å². The van der Waals surface area contributed by atoms with Gasteiger partial charge >= 0.3 is 17.9 Å². The molecule has 152 valence electrons. The molecule has 7 heteroatoms. The van der Waals surface area contributed by atoms with Crippen molar-refractivity contribution in [3.05, 3.63) is 52.8 Å². The molecule has 0 spiro atoms. The molecule has 28 heavy (non-hydrogen) atoms. The van der Waals surface area contributed by atoms with Gasteiger partial charge in [0.25, 0.3) is 0 Å². The van der Waals surface area contributed by atoms with E-state index in [4.69, 9.17) is 19.7 Å². The fourth-order valence-electron chi connectivity index (χ4n) is 2.14. The second-order valence-corrected chi connectivity index (χ2v) is 6.34. The predicted octanol–water partition coefficient (Wildman–Crippen LogP) is 4.05. The van der Waals surface area contributed by atoms with Crippen molar-refractivity contribution in [3.63, 3.8) is 0 Å². The first-order valence-electron chi connectivity index (χ1n) is 8.97. The predicted molar refractivity (Wildman–Crippen MR) is 103 cm³/mol. The van der Waals surface area contributed by atoms with Gasteiger partial charge in [0.1, 0.15) is 11.5 Å². The summed E-state index contributed by atoms with van der Waals surface area (Å²) in [4.78, 5) is 34.6. The quantitative estimate of drug-likeness (QED) is 0.204. The van der Waals surface area contributed by atoms with E-state index in [0.29, 0.717) is 17.7 Å². The van der Waals surface area contributed by atoms with Gasteiger partial charge in [0.05, 0.1) is 23.7 Å². The normalized spacial score (nSPS) is 13.4. The third-order valence-electron chi connectivity index (χ3n) is 4.13. The number of aliphatic carboxylic acids is 1. The Kier molecular flexibility index (Phi) is 8.95. The smallest absolute Gasteiger partial charge is 0.341 e. The number of carbonyl (C=O) groups is 3. The Morgan fingerprint density at radius 2 is 1.71 bits per heavy atom. The maximum absolute atomic E-state index is 12.5. The Labute approximate surface area is 164 Å². The first-order chi connectivity index (χ1) is 13.2. The Morgan fingerprint density at radius 3 is 2.21 bits per heavy atom. The number of aromatic carboxylic acids is 1. The summed E-state index contributed by atoms with van der Waals surface area (Å²) in [5, 5.41) is 18.1. The number of hydrogen-bond acceptors (Lipinski definition) is 5. The Morgan fingerprint density at radius 1 is 1.11 bits per heavy atom. The van der Waals surface area contributed by atoms with E-state index in [1.165, 1.54) is 37.3 Å². The Balaban J connectivity index is 3.18. The molecule has 1 rings (SSSR count). The third kappa shape index (κ3) is 6.90. The number of hydrogen-bond donors (Lipinski definition) is 2. The minimum Gasteiger partial charge on any atom is -0.481 e. The fourth-order valence-corrected chi connectivity index (χ4v) is 2.14. The van der Waals surface area contributed by atoms with Crippen LogP contribution in [0.25, 0.3) is 0 Å². The lowest BCUT2D eigenvalue weighted by molar-refractivity contribution is -0.140. The molecule has 0 aliphatic rings. The molecule has 0 heterocycles. The van der Waals surface area contributed by atoms with Crippen molar-refractivity contribution in [2.24, 2.45) is 5.92 Å². The number of unbranched alkanes of at least 4 members (excludes halogenated alkanes) is 1. The average molecular weight is 390 g/mol. The summed E-state index contributed by atoms with van der Waals surface area (Å²) in [6.07, 6.45) is 3.03. The van der Waals surface area contributed by atoms with Crippen LogP contribution >= 0.6 is 0 Å². The van der Waals surface area contributed by atoms with Gasteiger partial charge in [0, 0.05) is 0 Å². The minimum absolute atomic E-state index is 0.110. The van der Waals surface area contributed by atoms with E-state index < -0.39 is 23.8 Å². The molecule has 0 radical (unpaired) electrons. The number of benzene rings is 1. The van der Waals surface area contributed by atoms with Crippen LogP contribution in [0, 0.1) is 5.92 Å². The highest BCUT2D eigenvalue weighted by Crippen LogP contribution is 2.21. The lowest BCUT2D eigenvalue weighted by Crippen LogP contribution is -2.15. The molecule has 1 unspecified atom stereocenters. The monoisotopic (exact) mass is 390 g/mol. The molecule has 0 aliphatic heterocycles. The van der Waals surface area contributed by atoms with Crippen LogP contribution in [0.15, 0.2) is 47.2 Å². The minimum atomic E-state index is -1.06. The van der Waals surface area contributed by atoms with Crippen LogP contribution in [0.1, 0.15) is 50.9 Å². The lowest BCUT2D eigenvalue weighted by Gasteiger charge is -2.13. The zero-order valence-electron chi connectivity index (χ0n) is 16.5. The molecule has 0 fully saturated rings. The number of ether oxygens (including phenoxy) is 2. The molecule has 0 amide bonds. The van der Waals surface area contributed by atoms with Crippen LogP contribution in [-0.2, 0) is 14.3 Å². The zero-order chi connectivity index (χ0) is 21.3. The van der Waals surface area contributed by atoms with E-state index in [-0.39, 0.29) is 23.5 Å². The van der Waals surface area contributed by atoms with Gasteiger partial charge in [-0.15, -0.1) is 0 Å². The molecule has 1 atom stereocenters. The van der Waals surface area contributed by atoms with E-state index in [9.17, 15) is 14.4 Å². The highest BCUT2D eigenvalue weighted by atomic mass is 16.5. The molecule has 0 saturated heterocycles. The van der Waals surface area contributed by atoms with Crippen LogP contribution in [-0.4, -0.2) is 34.7 Å². The Hall–Kier alpha value is -3.09. The summed E-state index contributed by atoms with van der Waals surface area (Å²) in [6.45, 7) is 6.93. The SMILES string of the molecule is CCCCOC(=O)C(/C=C(\C)C(C)C(=O)O)=C(/C)Oc1ccc(C(=O)O)cc1. The summed E-state index contributed by atoms with van der Waals surface area (Å²) in [7, 11) is 0. The molecule has 2 N–H and O–H groups in total. The molecular weight excluding hydrogens is 364 g/mol. The van der Waals surface area contributed by atoms with Gasteiger partial charge in [-0.1, -0.05) is 18.9 Å². The van der Waals surface area contributed by atoms with Crippen molar-refractivity contribution in [1.29, 1.82) is 0 Å². The molecule has 0 saturated carbocycles. The van der Waals surface area contributed by atoms with E-state index in [1.54, 1.807) is 13.8 Å². The van der Waals surface area contributed by atoms with Gasteiger partial charge in [0.2, 0.25) is 0 Å². The van der Waals surface area contributed by atoms with Crippen molar-refractivity contribution in [1.82, 2.24) is 0 Å². The van der Waals surface area contributed by atoms with Crippen LogP contribution < -0.4 is 4.74 Å². The van der Waals surface area contributed by atoms with Crippen molar-refractivity contribution in [2.75, 3.05) is 6.61 Å². The van der Waals surface area contributed by atoms with Gasteiger partial charge in [0.15, 0.2) is 0 Å². The van der Waals surface area contributed by atoms with Crippen LogP contribution in [0.3, 0.4) is 0 Å². The first kappa shape index (κ1) is 23.0. The van der Waals surface area contributed by atoms with Gasteiger partial charge in [-0.25, -0.2) is 9.59 Å². The van der Waals surface area contributed by atoms with E-state index in [1.807, 2.05) is 6.92 Å². The average Bonchev–Trinajstić information content (AvgIpc) is 2.65. The molecule has 1 aromatic rings. The summed E-state index contributed by atoms with van der Waals surface area (Å²) in [5.74, 6) is -2.87. The standard InChI is InChI=1S/C21H26O7/c1-5-6-11-27-21(26)18(12-13(2)14(3)19(22)23)15(4)28-17-9-7-16(8-10-17)20(24)25/h7-10,12,14H,5-6,11H2,1-4H3,(H,22,23)(H,24,25)/b13-12+,18-15-. The van der Waals surface area contributed by atoms with Crippen molar-refractivity contribution in [2.45, 2.75) is 40.5 Å². The highest BCUT2D eigenvalue weighted by molar-refractivity contribution is 5.92. The van der Waals surface area contributed by atoms with E-state index in [0.717, 1.165) is 6.42 Å². The number of allylic oxidation sites excluding steroid dienone is 1. The first-order valence-corrected chi connectivity index (χ1v) is 8.97. The Bertz CT molecular complexity index is 772. The van der Waals surface area contributed by atoms with Gasteiger partial charge in [-0.2, -0.15) is 0 Å². The summed E-state index contributed by atoms with van der Waals surface area (Å²) < 4.78 is 10.9. The molecule has 0 aromatic heterocycles. The van der Waals surface area contributed by atoms with Crippen LogP contribution in [0.2, 0.25) is 0 Å². The lowest BCUT2D eigenvalue weighted by atomic mass is 10.00. The molecular formula is C21H26O7. The molecule has 7 nitrogen and oxygen atoms in total. The van der Waals surface area contributed by atoms with Gasteiger partial charge < -0.3 is 19.7 Å². The molecule has 0 aliphatic carbocycles. The summed E-state index contributed by atoms with van der Waals surface area (Å²) in [6, 6.07) is 5.72. The fraction of sp³-hybridized carbons (Fsp3) is 0.381. The van der Waals surface area contributed by atoms with Crippen molar-refractivity contribution in [3.8, 4) is 5.75 Å². The second-order valence-electron chi connectivity index (χ2n) is 6.34. The number of carboxylic acids is 2. The van der Waals surface area contributed by atoms with Gasteiger partial charge in [-0.3, -0.25) is 4.79 Å². The van der Waals surface area contributed by atoms with Crippen LogP contribution in [0.4, 0.5) is 0 Å². The number of carbonyl (C=O) groups excluding carboxylic acids is 1. The van der Waals surface area contributed by atoms with Crippen molar-refractivity contribution >= 4 is 17.9 Å². The van der Waals surface area contributed by atoms with Crippen LogP contribution in [0.5, 0.6) is 5.75 Å². The highest BCUT2D eigenvalue weighted by Gasteiger charge is 2.19. The zero-order valence-corrected chi connectivity index (χ0v) is 16.5. The van der Waals surface area contributed by atoms with Gasteiger partial charge in [-0.05, 0) is 57.5 Å². The largest absolute Gasteiger partial charge is 0.481 e. The number of esters is 1. The summed E-state index contributed by atoms with van der Waals surface area (Å²) in [5.41, 5.74) is 0.697. The number of rotatable bonds is 10.